The second-order valence-corrected chi connectivity index (χ2v) is 6.12. The van der Waals surface area contributed by atoms with Crippen LogP contribution in [0.4, 0.5) is 0 Å². The third kappa shape index (κ3) is 4.44. The van der Waals surface area contributed by atoms with Gasteiger partial charge in [0, 0.05) is 24.5 Å². The number of nitrogens with zero attached hydrogens (tertiary/aromatic N) is 2. The van der Waals surface area contributed by atoms with E-state index in [0.29, 0.717) is 5.75 Å². The van der Waals surface area contributed by atoms with Crippen LogP contribution in [0.5, 0.6) is 11.5 Å². The molecule has 0 spiro atoms. The van der Waals surface area contributed by atoms with Gasteiger partial charge in [0.05, 0.1) is 26.0 Å². The standard InChI is InChI=1S/C17H23N3O3S/c1-5-20-9-8-18-17(20)24-11-16(21)19-12(2)14-10-13(22-3)6-7-15(14)23-4/h6-10,12H,5,11H2,1-4H3,(H,19,21)/t12-/m0/s1. The normalized spacial score (nSPS) is 11.8. The molecule has 1 aromatic heterocycles. The molecule has 0 aliphatic heterocycles. The molecule has 1 heterocycles. The molecule has 1 N–H and O–H groups in total. The van der Waals surface area contributed by atoms with Crippen molar-refractivity contribution in [1.29, 1.82) is 0 Å². The summed E-state index contributed by atoms with van der Waals surface area (Å²) in [5.74, 6) is 1.71. The minimum Gasteiger partial charge on any atom is -0.497 e. The highest BCUT2D eigenvalue weighted by atomic mass is 32.2. The van der Waals surface area contributed by atoms with Crippen molar-refractivity contribution in [2.45, 2.75) is 31.6 Å². The second kappa shape index (κ2) is 8.63. The number of carbonyl (C=O) groups excluding carboxylic acids is 1. The first-order chi connectivity index (χ1) is 11.6. The van der Waals surface area contributed by atoms with E-state index in [1.165, 1.54) is 11.8 Å². The molecule has 130 valence electrons. The minimum atomic E-state index is -0.186. The molecule has 2 aromatic rings. The molecule has 2 rings (SSSR count). The van der Waals surface area contributed by atoms with E-state index in [2.05, 4.69) is 10.3 Å². The topological polar surface area (TPSA) is 65.4 Å². The summed E-state index contributed by atoms with van der Waals surface area (Å²) < 4.78 is 12.6. The molecule has 0 saturated heterocycles. The smallest absolute Gasteiger partial charge is 0.230 e. The van der Waals surface area contributed by atoms with Crippen LogP contribution in [0.1, 0.15) is 25.5 Å². The highest BCUT2D eigenvalue weighted by Gasteiger charge is 2.16. The molecule has 0 aliphatic carbocycles. The summed E-state index contributed by atoms with van der Waals surface area (Å²) in [4.78, 5) is 16.5. The summed E-state index contributed by atoms with van der Waals surface area (Å²) in [7, 11) is 3.22. The van der Waals surface area contributed by atoms with E-state index in [9.17, 15) is 4.79 Å². The molecule has 0 aliphatic rings. The van der Waals surface area contributed by atoms with Crippen molar-refractivity contribution in [3.63, 3.8) is 0 Å². The van der Waals surface area contributed by atoms with Crippen LogP contribution in [0.3, 0.4) is 0 Å². The lowest BCUT2D eigenvalue weighted by molar-refractivity contribution is -0.119. The van der Waals surface area contributed by atoms with E-state index in [1.807, 2.05) is 42.8 Å². The van der Waals surface area contributed by atoms with Gasteiger partial charge in [-0.1, -0.05) is 11.8 Å². The van der Waals surface area contributed by atoms with Gasteiger partial charge in [-0.2, -0.15) is 0 Å². The maximum Gasteiger partial charge on any atom is 0.230 e. The maximum atomic E-state index is 12.2. The van der Waals surface area contributed by atoms with Gasteiger partial charge in [-0.3, -0.25) is 4.79 Å². The summed E-state index contributed by atoms with van der Waals surface area (Å²) in [5.41, 5.74) is 0.880. The number of benzene rings is 1. The summed E-state index contributed by atoms with van der Waals surface area (Å²) in [6, 6.07) is 5.36. The van der Waals surface area contributed by atoms with Gasteiger partial charge in [0.25, 0.3) is 0 Å². The fraction of sp³-hybridized carbons (Fsp3) is 0.412. The maximum absolute atomic E-state index is 12.2. The zero-order chi connectivity index (χ0) is 17.5. The number of nitrogens with one attached hydrogen (secondary N) is 1. The van der Waals surface area contributed by atoms with E-state index in [-0.39, 0.29) is 11.9 Å². The van der Waals surface area contributed by atoms with E-state index in [0.717, 1.165) is 28.8 Å². The molecular formula is C17H23N3O3S. The van der Waals surface area contributed by atoms with Crippen molar-refractivity contribution in [3.05, 3.63) is 36.2 Å². The molecule has 1 atom stereocenters. The van der Waals surface area contributed by atoms with Crippen LogP contribution >= 0.6 is 11.8 Å². The van der Waals surface area contributed by atoms with Gasteiger partial charge < -0.3 is 19.4 Å². The van der Waals surface area contributed by atoms with Gasteiger partial charge in [0.15, 0.2) is 5.16 Å². The lowest BCUT2D eigenvalue weighted by atomic mass is 10.1. The first-order valence-corrected chi connectivity index (χ1v) is 8.72. The van der Waals surface area contributed by atoms with Gasteiger partial charge in [-0.15, -0.1) is 0 Å². The van der Waals surface area contributed by atoms with Crippen LogP contribution in [0, 0.1) is 0 Å². The zero-order valence-corrected chi connectivity index (χ0v) is 15.2. The predicted molar refractivity (Wildman–Crippen MR) is 94.7 cm³/mol. The molecule has 6 nitrogen and oxygen atoms in total. The molecule has 0 bridgehead atoms. The fourth-order valence-corrected chi connectivity index (χ4v) is 3.18. The Labute approximate surface area is 146 Å². The Hall–Kier alpha value is -2.15. The first-order valence-electron chi connectivity index (χ1n) is 7.74. The molecule has 0 saturated carbocycles. The molecule has 7 heteroatoms. The third-order valence-electron chi connectivity index (χ3n) is 3.63. The number of imidazole rings is 1. The van der Waals surface area contributed by atoms with Crippen molar-refractivity contribution < 1.29 is 14.3 Å². The molecule has 0 unspecified atom stereocenters. The number of amides is 1. The summed E-state index contributed by atoms with van der Waals surface area (Å²) in [5, 5.41) is 3.84. The quantitative estimate of drug-likeness (QED) is 0.743. The molecule has 24 heavy (non-hydrogen) atoms. The van der Waals surface area contributed by atoms with Crippen LogP contribution < -0.4 is 14.8 Å². The number of carbonyl (C=O) groups is 1. The van der Waals surface area contributed by atoms with Gasteiger partial charge in [-0.25, -0.2) is 4.98 Å². The number of hydrogen-bond donors (Lipinski definition) is 1. The zero-order valence-electron chi connectivity index (χ0n) is 14.4. The van der Waals surface area contributed by atoms with Crippen LogP contribution in [0.15, 0.2) is 35.7 Å². The van der Waals surface area contributed by atoms with Crippen LogP contribution in [0.2, 0.25) is 0 Å². The Balaban J connectivity index is 1.98. The highest BCUT2D eigenvalue weighted by Crippen LogP contribution is 2.29. The Morgan fingerprint density at radius 1 is 1.38 bits per heavy atom. The second-order valence-electron chi connectivity index (χ2n) is 5.18. The first kappa shape index (κ1) is 18.2. The fourth-order valence-electron chi connectivity index (χ4n) is 2.35. The van der Waals surface area contributed by atoms with Gasteiger partial charge in [0.1, 0.15) is 11.5 Å². The number of rotatable bonds is 8. The Kier molecular flexibility index (Phi) is 6.54. The van der Waals surface area contributed by atoms with E-state index in [1.54, 1.807) is 20.4 Å². The number of hydrogen-bond acceptors (Lipinski definition) is 5. The van der Waals surface area contributed by atoms with E-state index >= 15 is 0 Å². The molecule has 0 fully saturated rings. The average Bonchev–Trinajstić information content (AvgIpc) is 3.06. The molecular weight excluding hydrogens is 326 g/mol. The summed E-state index contributed by atoms with van der Waals surface area (Å²) in [6.07, 6.45) is 3.65. The highest BCUT2D eigenvalue weighted by molar-refractivity contribution is 7.99. The van der Waals surface area contributed by atoms with Gasteiger partial charge in [0.2, 0.25) is 5.91 Å². The van der Waals surface area contributed by atoms with E-state index in [4.69, 9.17) is 9.47 Å². The number of thioether (sulfide) groups is 1. The Bertz CT molecular complexity index is 687. The molecule has 1 amide bonds. The van der Waals surface area contributed by atoms with Crippen molar-refractivity contribution >= 4 is 17.7 Å². The van der Waals surface area contributed by atoms with Crippen molar-refractivity contribution in [1.82, 2.24) is 14.9 Å². The van der Waals surface area contributed by atoms with Crippen molar-refractivity contribution in [2.24, 2.45) is 0 Å². The lowest BCUT2D eigenvalue weighted by Crippen LogP contribution is -2.28. The lowest BCUT2D eigenvalue weighted by Gasteiger charge is -2.18. The summed E-state index contributed by atoms with van der Waals surface area (Å²) in [6.45, 7) is 4.80. The Morgan fingerprint density at radius 3 is 2.83 bits per heavy atom. The van der Waals surface area contributed by atoms with Crippen LogP contribution in [0.25, 0.3) is 0 Å². The molecule has 0 radical (unpaired) electrons. The van der Waals surface area contributed by atoms with Crippen molar-refractivity contribution in [2.75, 3.05) is 20.0 Å². The third-order valence-corrected chi connectivity index (χ3v) is 4.64. The van der Waals surface area contributed by atoms with Crippen LogP contribution in [-0.4, -0.2) is 35.4 Å². The predicted octanol–water partition coefficient (Wildman–Crippen LogP) is 2.89. The number of aromatic nitrogens is 2. The SMILES string of the molecule is CCn1ccnc1SCC(=O)N[C@@H](C)c1cc(OC)ccc1OC. The number of ether oxygens (including phenoxy) is 2. The van der Waals surface area contributed by atoms with Crippen molar-refractivity contribution in [3.8, 4) is 11.5 Å². The largest absolute Gasteiger partial charge is 0.497 e. The molecule has 1 aromatic carbocycles. The van der Waals surface area contributed by atoms with Crippen LogP contribution in [-0.2, 0) is 11.3 Å². The van der Waals surface area contributed by atoms with Gasteiger partial charge in [-0.05, 0) is 32.0 Å². The summed E-state index contributed by atoms with van der Waals surface area (Å²) >= 11 is 1.43. The number of aryl methyl sites for hydroxylation is 1. The van der Waals surface area contributed by atoms with Gasteiger partial charge >= 0.3 is 0 Å². The Morgan fingerprint density at radius 2 is 2.17 bits per heavy atom. The average molecular weight is 349 g/mol. The van der Waals surface area contributed by atoms with E-state index < -0.39 is 0 Å². The minimum absolute atomic E-state index is 0.0528. The monoisotopic (exact) mass is 349 g/mol. The number of methoxy groups -OCH3 is 2.